The summed E-state index contributed by atoms with van der Waals surface area (Å²) in [6.45, 7) is 6.54. The largest absolute Gasteiger partial charge is 0.355 e. The molecule has 1 aliphatic heterocycles. The van der Waals surface area contributed by atoms with Gasteiger partial charge in [-0.25, -0.2) is 4.98 Å². The molecule has 5 nitrogen and oxygen atoms in total. The Bertz CT molecular complexity index is 978. The van der Waals surface area contributed by atoms with Crippen molar-refractivity contribution in [3.63, 3.8) is 0 Å². The number of H-pyrrole nitrogens is 1. The molecule has 1 amide bonds. The number of aromatic nitrogens is 2. The maximum Gasteiger partial charge on any atom is 0.224 e. The summed E-state index contributed by atoms with van der Waals surface area (Å²) >= 11 is 0. The molecule has 0 aliphatic carbocycles. The van der Waals surface area contributed by atoms with Gasteiger partial charge in [0, 0.05) is 19.6 Å². The minimum atomic E-state index is 0.0144. The molecule has 4 rings (SSSR count). The van der Waals surface area contributed by atoms with Crippen molar-refractivity contribution in [2.45, 2.75) is 33.1 Å². The van der Waals surface area contributed by atoms with Crippen LogP contribution in [0.2, 0.25) is 0 Å². The molecule has 0 spiro atoms. The Labute approximate surface area is 166 Å². The summed E-state index contributed by atoms with van der Waals surface area (Å²) in [5.41, 5.74) is 5.82. The van der Waals surface area contributed by atoms with Crippen LogP contribution in [0.4, 0.5) is 5.95 Å². The number of hydrogen-bond acceptors (Lipinski definition) is 3. The van der Waals surface area contributed by atoms with Gasteiger partial charge in [0.05, 0.1) is 17.0 Å². The zero-order valence-corrected chi connectivity index (χ0v) is 16.7. The second-order valence-electron chi connectivity index (χ2n) is 7.83. The quantitative estimate of drug-likeness (QED) is 0.713. The third-order valence-electron chi connectivity index (χ3n) is 5.67. The zero-order valence-electron chi connectivity index (χ0n) is 16.7. The molecule has 2 N–H and O–H groups in total. The molecule has 5 heteroatoms. The molecule has 28 heavy (non-hydrogen) atoms. The number of benzene rings is 2. The Kier molecular flexibility index (Phi) is 5.33. The molecule has 1 atom stereocenters. The molecule has 1 unspecified atom stereocenters. The minimum Gasteiger partial charge on any atom is -0.355 e. The van der Waals surface area contributed by atoms with Crippen LogP contribution in [0.1, 0.15) is 29.5 Å². The summed E-state index contributed by atoms with van der Waals surface area (Å²) in [4.78, 5) is 23.1. The third kappa shape index (κ3) is 4.03. The number of fused-ring (bicyclic) bond motifs is 1. The second kappa shape index (κ2) is 8.05. The lowest BCUT2D eigenvalue weighted by molar-refractivity contribution is -0.125. The lowest BCUT2D eigenvalue weighted by Crippen LogP contribution is -2.43. The average Bonchev–Trinajstić information content (AvgIpc) is 3.13. The van der Waals surface area contributed by atoms with Crippen molar-refractivity contribution in [2.24, 2.45) is 5.92 Å². The van der Waals surface area contributed by atoms with Gasteiger partial charge in [0.2, 0.25) is 11.9 Å². The smallest absolute Gasteiger partial charge is 0.224 e. The summed E-state index contributed by atoms with van der Waals surface area (Å²) in [6, 6.07) is 14.6. The molecule has 2 aromatic carbocycles. The second-order valence-corrected chi connectivity index (χ2v) is 7.83. The van der Waals surface area contributed by atoms with Crippen LogP contribution in [0, 0.1) is 19.8 Å². The minimum absolute atomic E-state index is 0.0144. The SMILES string of the molecule is Cc1ccc2nc(N3CCCC(C(=O)NCCc4ccccc4C)C3)[nH]c2c1. The number of imidazole rings is 1. The first kappa shape index (κ1) is 18.5. The van der Waals surface area contributed by atoms with E-state index in [1.807, 2.05) is 12.1 Å². The molecular formula is C23H28N4O. The first-order valence-electron chi connectivity index (χ1n) is 10.1. The lowest BCUT2D eigenvalue weighted by Gasteiger charge is -2.31. The number of aromatic amines is 1. The van der Waals surface area contributed by atoms with E-state index in [-0.39, 0.29) is 11.8 Å². The molecule has 0 bridgehead atoms. The number of hydrogen-bond donors (Lipinski definition) is 2. The number of amides is 1. The van der Waals surface area contributed by atoms with Gasteiger partial charge in [0.15, 0.2) is 0 Å². The van der Waals surface area contributed by atoms with E-state index >= 15 is 0 Å². The summed E-state index contributed by atoms with van der Waals surface area (Å²) in [5, 5.41) is 3.14. The highest BCUT2D eigenvalue weighted by molar-refractivity contribution is 5.80. The standard InChI is InChI=1S/C23H28N4O/c1-16-9-10-20-21(14-16)26-23(25-20)27-13-5-8-19(15-27)22(28)24-12-11-18-7-4-3-6-17(18)2/h3-4,6-7,9-10,14,19H,5,8,11-13,15H2,1-2H3,(H,24,28)(H,25,26). The first-order valence-corrected chi connectivity index (χ1v) is 10.1. The molecule has 0 radical (unpaired) electrons. The van der Waals surface area contributed by atoms with Gasteiger partial charge in [0.25, 0.3) is 0 Å². The molecule has 2 heterocycles. The summed E-state index contributed by atoms with van der Waals surface area (Å²) in [7, 11) is 0. The van der Waals surface area contributed by atoms with Gasteiger partial charge >= 0.3 is 0 Å². The Morgan fingerprint density at radius 1 is 1.25 bits per heavy atom. The van der Waals surface area contributed by atoms with E-state index in [1.54, 1.807) is 0 Å². The van der Waals surface area contributed by atoms with Crippen molar-refractivity contribution in [1.29, 1.82) is 0 Å². The molecule has 0 saturated carbocycles. The molecule has 1 fully saturated rings. The van der Waals surface area contributed by atoms with Crippen LogP contribution in [0.3, 0.4) is 0 Å². The zero-order chi connectivity index (χ0) is 19.5. The van der Waals surface area contributed by atoms with E-state index in [1.165, 1.54) is 16.7 Å². The average molecular weight is 377 g/mol. The third-order valence-corrected chi connectivity index (χ3v) is 5.67. The van der Waals surface area contributed by atoms with Crippen LogP contribution in [-0.2, 0) is 11.2 Å². The normalized spacial score (nSPS) is 17.1. The highest BCUT2D eigenvalue weighted by atomic mass is 16.1. The number of nitrogens with one attached hydrogen (secondary N) is 2. The van der Waals surface area contributed by atoms with E-state index < -0.39 is 0 Å². The fourth-order valence-corrected chi connectivity index (χ4v) is 4.00. The van der Waals surface area contributed by atoms with Gasteiger partial charge in [-0.15, -0.1) is 0 Å². The van der Waals surface area contributed by atoms with E-state index in [2.05, 4.69) is 59.4 Å². The molecule has 1 aromatic heterocycles. The van der Waals surface area contributed by atoms with Crippen LogP contribution in [0.5, 0.6) is 0 Å². The number of carbonyl (C=O) groups is 1. The molecule has 1 saturated heterocycles. The van der Waals surface area contributed by atoms with Crippen molar-refractivity contribution in [3.05, 3.63) is 59.2 Å². The van der Waals surface area contributed by atoms with Crippen LogP contribution >= 0.6 is 0 Å². The summed E-state index contributed by atoms with van der Waals surface area (Å²) in [5.74, 6) is 1.05. The summed E-state index contributed by atoms with van der Waals surface area (Å²) < 4.78 is 0. The van der Waals surface area contributed by atoms with Crippen molar-refractivity contribution in [2.75, 3.05) is 24.5 Å². The van der Waals surface area contributed by atoms with E-state index in [4.69, 9.17) is 4.98 Å². The van der Waals surface area contributed by atoms with Crippen LogP contribution in [0.15, 0.2) is 42.5 Å². The highest BCUT2D eigenvalue weighted by Gasteiger charge is 2.27. The lowest BCUT2D eigenvalue weighted by atomic mass is 9.97. The van der Waals surface area contributed by atoms with Crippen LogP contribution in [-0.4, -0.2) is 35.5 Å². The van der Waals surface area contributed by atoms with E-state index in [0.717, 1.165) is 49.3 Å². The monoisotopic (exact) mass is 376 g/mol. The van der Waals surface area contributed by atoms with Crippen LogP contribution in [0.25, 0.3) is 11.0 Å². The van der Waals surface area contributed by atoms with Gasteiger partial charge < -0.3 is 15.2 Å². The topological polar surface area (TPSA) is 61.0 Å². The Balaban J connectivity index is 1.36. The maximum absolute atomic E-state index is 12.7. The number of rotatable bonds is 5. The number of piperidine rings is 1. The predicted octanol–water partition coefficient (Wildman–Crippen LogP) is 3.76. The van der Waals surface area contributed by atoms with Gasteiger partial charge in [-0.2, -0.15) is 0 Å². The Hall–Kier alpha value is -2.82. The molecular weight excluding hydrogens is 348 g/mol. The fraction of sp³-hybridized carbons (Fsp3) is 0.391. The van der Waals surface area contributed by atoms with E-state index in [9.17, 15) is 4.79 Å². The van der Waals surface area contributed by atoms with Crippen LogP contribution < -0.4 is 10.2 Å². The molecule has 1 aliphatic rings. The number of carbonyl (C=O) groups excluding carboxylic acids is 1. The Morgan fingerprint density at radius 2 is 2.11 bits per heavy atom. The molecule has 146 valence electrons. The molecule has 3 aromatic rings. The Morgan fingerprint density at radius 3 is 2.96 bits per heavy atom. The van der Waals surface area contributed by atoms with E-state index in [0.29, 0.717) is 6.54 Å². The number of aryl methyl sites for hydroxylation is 2. The summed E-state index contributed by atoms with van der Waals surface area (Å²) in [6.07, 6.45) is 2.82. The van der Waals surface area contributed by atoms with Crippen molar-refractivity contribution in [1.82, 2.24) is 15.3 Å². The maximum atomic E-state index is 12.7. The van der Waals surface area contributed by atoms with Gasteiger partial charge in [-0.3, -0.25) is 4.79 Å². The van der Waals surface area contributed by atoms with Gasteiger partial charge in [-0.05, 0) is 61.9 Å². The van der Waals surface area contributed by atoms with Crippen molar-refractivity contribution < 1.29 is 4.79 Å². The van der Waals surface area contributed by atoms with Crippen molar-refractivity contribution in [3.8, 4) is 0 Å². The fourth-order valence-electron chi connectivity index (χ4n) is 4.00. The van der Waals surface area contributed by atoms with Crippen molar-refractivity contribution >= 4 is 22.9 Å². The first-order chi connectivity index (χ1) is 13.6. The number of anilines is 1. The predicted molar refractivity (Wildman–Crippen MR) is 114 cm³/mol. The highest BCUT2D eigenvalue weighted by Crippen LogP contribution is 2.24. The van der Waals surface area contributed by atoms with Gasteiger partial charge in [0.1, 0.15) is 0 Å². The number of nitrogens with zero attached hydrogens (tertiary/aromatic N) is 2. The van der Waals surface area contributed by atoms with Gasteiger partial charge in [-0.1, -0.05) is 30.3 Å².